The second kappa shape index (κ2) is 10.8. The number of hydrogen-bond acceptors (Lipinski definition) is 8. The molecule has 10 nitrogen and oxygen atoms in total. The van der Waals surface area contributed by atoms with Crippen molar-refractivity contribution in [2.75, 3.05) is 50.5 Å². The molecule has 0 aliphatic carbocycles. The molecule has 204 valence electrons. The van der Waals surface area contributed by atoms with Gasteiger partial charge in [-0.05, 0) is 38.2 Å². The van der Waals surface area contributed by atoms with Crippen LogP contribution in [0.15, 0.2) is 36.7 Å². The number of halogens is 2. The number of carbonyl (C=O) groups is 1. The fourth-order valence-electron chi connectivity index (χ4n) is 4.61. The van der Waals surface area contributed by atoms with Crippen molar-refractivity contribution in [1.29, 1.82) is 0 Å². The lowest BCUT2D eigenvalue weighted by atomic mass is 10.1. The van der Waals surface area contributed by atoms with E-state index in [1.54, 1.807) is 13.0 Å². The normalized spacial score (nSPS) is 14.1. The van der Waals surface area contributed by atoms with Crippen LogP contribution >= 0.6 is 0 Å². The second-order valence-electron chi connectivity index (χ2n) is 9.41. The Kier molecular flexibility index (Phi) is 7.31. The number of carbonyl (C=O) groups excluding carboxylic acids is 1. The van der Waals surface area contributed by atoms with Crippen LogP contribution in [0.4, 0.5) is 26.0 Å². The molecule has 0 radical (unpaired) electrons. The van der Waals surface area contributed by atoms with Crippen LogP contribution in [0.2, 0.25) is 0 Å². The van der Waals surface area contributed by atoms with E-state index in [0.717, 1.165) is 44.3 Å². The summed E-state index contributed by atoms with van der Waals surface area (Å²) in [6, 6.07) is 7.98. The number of aliphatic hydroxyl groups excluding tert-OH is 1. The van der Waals surface area contributed by atoms with Gasteiger partial charge in [0.1, 0.15) is 11.9 Å². The Morgan fingerprint density at radius 3 is 2.64 bits per heavy atom. The molecule has 0 bridgehead atoms. The Morgan fingerprint density at radius 2 is 1.92 bits per heavy atom. The van der Waals surface area contributed by atoms with Crippen molar-refractivity contribution in [3.63, 3.8) is 0 Å². The number of piperazine rings is 1. The van der Waals surface area contributed by atoms with Gasteiger partial charge in [0.25, 0.3) is 5.91 Å². The van der Waals surface area contributed by atoms with E-state index in [1.165, 1.54) is 13.1 Å². The summed E-state index contributed by atoms with van der Waals surface area (Å²) in [5, 5.41) is 15.7. The van der Waals surface area contributed by atoms with Gasteiger partial charge in [0, 0.05) is 67.3 Å². The van der Waals surface area contributed by atoms with Crippen LogP contribution in [-0.4, -0.2) is 71.1 Å². The molecule has 3 heterocycles. The van der Waals surface area contributed by atoms with E-state index < -0.39 is 23.3 Å². The van der Waals surface area contributed by atoms with E-state index >= 15 is 4.39 Å². The summed E-state index contributed by atoms with van der Waals surface area (Å²) < 4.78 is 35.6. The topological polar surface area (TPSA) is 119 Å². The predicted octanol–water partition coefficient (Wildman–Crippen LogP) is 3.68. The third-order valence-corrected chi connectivity index (χ3v) is 6.76. The lowest BCUT2D eigenvalue weighted by molar-refractivity contribution is 0.0960. The van der Waals surface area contributed by atoms with Crippen LogP contribution in [0.5, 0.6) is 11.6 Å². The van der Waals surface area contributed by atoms with Gasteiger partial charge in [0.2, 0.25) is 5.88 Å². The Labute approximate surface area is 223 Å². The molecular weight excluding hydrogens is 508 g/mol. The number of nitrogens with zero attached hydrogens (tertiary/aromatic N) is 4. The van der Waals surface area contributed by atoms with Crippen molar-refractivity contribution in [3.8, 4) is 11.6 Å². The third-order valence-electron chi connectivity index (χ3n) is 6.76. The standard InChI is InChI=1S/C27H29F2N7O3/c1-15-10-18-23(29)21(12-19(28)24(18)33-15)39-27-22(26(38)30-2)25(31-14-32-27)34-20-5-4-17(11-16(20)13-37)36-8-6-35(3)7-9-36/h4-5,10-12,14,33,37H,6-9,13H2,1-3H3,(H,30,38)(H,31,32,34). The number of H-pyrrole nitrogens is 1. The number of amides is 1. The number of fused-ring (bicyclic) bond motifs is 1. The van der Waals surface area contributed by atoms with Gasteiger partial charge in [-0.15, -0.1) is 0 Å². The van der Waals surface area contributed by atoms with Gasteiger partial charge in [-0.1, -0.05) is 0 Å². The Bertz CT molecular complexity index is 1530. The molecule has 0 unspecified atom stereocenters. The van der Waals surface area contributed by atoms with Crippen molar-refractivity contribution in [2.45, 2.75) is 13.5 Å². The fraction of sp³-hybridized carbons (Fsp3) is 0.296. The molecule has 0 spiro atoms. The molecule has 1 aliphatic heterocycles. The molecule has 0 saturated carbocycles. The molecule has 4 N–H and O–H groups in total. The minimum atomic E-state index is -0.797. The first-order valence-corrected chi connectivity index (χ1v) is 12.5. The molecule has 5 rings (SSSR count). The highest BCUT2D eigenvalue weighted by Gasteiger charge is 2.24. The summed E-state index contributed by atoms with van der Waals surface area (Å²) in [5.74, 6) is -2.74. The summed E-state index contributed by atoms with van der Waals surface area (Å²) in [6.07, 6.45) is 1.15. The molecule has 1 aliphatic rings. The number of nitrogens with one attached hydrogen (secondary N) is 3. The van der Waals surface area contributed by atoms with Crippen molar-refractivity contribution in [1.82, 2.24) is 25.2 Å². The maximum Gasteiger partial charge on any atom is 0.260 e. The molecule has 1 saturated heterocycles. The maximum atomic E-state index is 15.2. The predicted molar refractivity (Wildman–Crippen MR) is 144 cm³/mol. The Hall–Kier alpha value is -4.29. The molecule has 4 aromatic rings. The number of hydrogen-bond donors (Lipinski definition) is 4. The lowest BCUT2D eigenvalue weighted by Crippen LogP contribution is -2.44. The minimum Gasteiger partial charge on any atom is -0.435 e. The highest BCUT2D eigenvalue weighted by Crippen LogP contribution is 2.35. The van der Waals surface area contributed by atoms with Crippen LogP contribution < -0.4 is 20.3 Å². The van der Waals surface area contributed by atoms with Crippen LogP contribution in [-0.2, 0) is 6.61 Å². The second-order valence-corrected chi connectivity index (χ2v) is 9.41. The maximum absolute atomic E-state index is 15.2. The van der Waals surface area contributed by atoms with Gasteiger partial charge < -0.3 is 35.3 Å². The highest BCUT2D eigenvalue weighted by molar-refractivity contribution is 6.01. The van der Waals surface area contributed by atoms with E-state index in [-0.39, 0.29) is 34.8 Å². The average molecular weight is 538 g/mol. The Balaban J connectivity index is 1.49. The molecule has 0 atom stereocenters. The number of likely N-dealkylation sites (N-methyl/N-ethyl adjacent to an activating group) is 1. The van der Waals surface area contributed by atoms with E-state index in [2.05, 4.69) is 42.4 Å². The zero-order valence-corrected chi connectivity index (χ0v) is 21.8. The molecular formula is C27H29F2N7O3. The average Bonchev–Trinajstić information content (AvgIpc) is 3.34. The SMILES string of the molecule is CNC(=O)c1c(Nc2ccc(N3CCN(C)CC3)cc2CO)ncnc1Oc1cc(F)c2[nH]c(C)cc2c1F. The largest absolute Gasteiger partial charge is 0.435 e. The number of rotatable bonds is 7. The zero-order chi connectivity index (χ0) is 27.7. The van der Waals surface area contributed by atoms with Crippen LogP contribution in [0.1, 0.15) is 21.6 Å². The summed E-state index contributed by atoms with van der Waals surface area (Å²) in [6.45, 7) is 5.04. The molecule has 2 aromatic heterocycles. The van der Waals surface area contributed by atoms with Gasteiger partial charge in [0.05, 0.1) is 12.1 Å². The molecule has 39 heavy (non-hydrogen) atoms. The van der Waals surface area contributed by atoms with Crippen LogP contribution in [0.3, 0.4) is 0 Å². The van der Waals surface area contributed by atoms with Crippen LogP contribution in [0, 0.1) is 18.6 Å². The number of aromatic amines is 1. The van der Waals surface area contributed by atoms with Gasteiger partial charge in [-0.2, -0.15) is 0 Å². The number of aromatic nitrogens is 3. The molecule has 1 amide bonds. The molecule has 1 fully saturated rings. The van der Waals surface area contributed by atoms with E-state index in [1.807, 2.05) is 12.1 Å². The van der Waals surface area contributed by atoms with E-state index in [0.29, 0.717) is 16.9 Å². The lowest BCUT2D eigenvalue weighted by Gasteiger charge is -2.34. The number of ether oxygens (including phenoxy) is 1. The molecule has 2 aromatic carbocycles. The van der Waals surface area contributed by atoms with E-state index in [9.17, 15) is 14.3 Å². The summed E-state index contributed by atoms with van der Waals surface area (Å²) in [4.78, 5) is 28.4. The van der Waals surface area contributed by atoms with Crippen molar-refractivity contribution >= 4 is 34.0 Å². The first-order valence-electron chi connectivity index (χ1n) is 12.5. The first-order chi connectivity index (χ1) is 18.8. The van der Waals surface area contributed by atoms with Crippen molar-refractivity contribution < 1.29 is 23.4 Å². The summed E-state index contributed by atoms with van der Waals surface area (Å²) in [5.41, 5.74) is 2.58. The quantitative estimate of drug-likeness (QED) is 0.282. The van der Waals surface area contributed by atoms with Gasteiger partial charge in [0.15, 0.2) is 23.2 Å². The Morgan fingerprint density at radius 1 is 1.15 bits per heavy atom. The smallest absolute Gasteiger partial charge is 0.260 e. The highest BCUT2D eigenvalue weighted by atomic mass is 19.1. The van der Waals surface area contributed by atoms with Gasteiger partial charge in [-0.25, -0.2) is 18.7 Å². The van der Waals surface area contributed by atoms with Crippen molar-refractivity contribution in [2.24, 2.45) is 0 Å². The summed E-state index contributed by atoms with van der Waals surface area (Å²) >= 11 is 0. The minimum absolute atomic E-state index is 0.0180. The van der Waals surface area contributed by atoms with Gasteiger partial charge >= 0.3 is 0 Å². The zero-order valence-electron chi connectivity index (χ0n) is 21.8. The van der Waals surface area contributed by atoms with Crippen LogP contribution in [0.25, 0.3) is 10.9 Å². The number of anilines is 3. The third kappa shape index (κ3) is 5.20. The first kappa shape index (κ1) is 26.3. The molecule has 12 heteroatoms. The fourth-order valence-corrected chi connectivity index (χ4v) is 4.61. The summed E-state index contributed by atoms with van der Waals surface area (Å²) in [7, 11) is 3.50. The number of aryl methyl sites for hydroxylation is 1. The van der Waals surface area contributed by atoms with Crippen molar-refractivity contribution in [3.05, 3.63) is 65.1 Å². The number of benzene rings is 2. The number of aliphatic hydroxyl groups is 1. The monoisotopic (exact) mass is 537 g/mol. The van der Waals surface area contributed by atoms with E-state index in [4.69, 9.17) is 4.74 Å². The van der Waals surface area contributed by atoms with Gasteiger partial charge in [-0.3, -0.25) is 4.79 Å².